The number of carbonyl (C=O) groups is 3. The Morgan fingerprint density at radius 1 is 1.41 bits per heavy atom. The van der Waals surface area contributed by atoms with Crippen LogP contribution < -0.4 is 5.32 Å². The van der Waals surface area contributed by atoms with E-state index in [0.29, 0.717) is 23.1 Å². The average Bonchev–Trinajstić information content (AvgIpc) is 2.84. The van der Waals surface area contributed by atoms with Gasteiger partial charge in [-0.1, -0.05) is 12.1 Å². The van der Waals surface area contributed by atoms with Crippen LogP contribution >= 0.6 is 23.5 Å². The molecule has 8 heteroatoms. The van der Waals surface area contributed by atoms with E-state index in [0.717, 1.165) is 5.56 Å². The van der Waals surface area contributed by atoms with E-state index in [9.17, 15) is 14.4 Å². The molecular weight excluding hydrogens is 324 g/mol. The summed E-state index contributed by atoms with van der Waals surface area (Å²) < 4.78 is 0. The zero-order chi connectivity index (χ0) is 15.9. The van der Waals surface area contributed by atoms with Crippen molar-refractivity contribution in [1.82, 2.24) is 4.90 Å². The summed E-state index contributed by atoms with van der Waals surface area (Å²) in [6, 6.07) is 7.27. The van der Waals surface area contributed by atoms with E-state index in [1.807, 2.05) is 18.2 Å². The number of carboxylic acids is 1. The number of thioether (sulfide) groups is 2. The Morgan fingerprint density at radius 3 is 2.91 bits per heavy atom. The van der Waals surface area contributed by atoms with Gasteiger partial charge in [-0.2, -0.15) is 0 Å². The zero-order valence-electron chi connectivity index (χ0n) is 11.8. The van der Waals surface area contributed by atoms with Crippen LogP contribution in [0, 0.1) is 0 Å². The molecule has 1 heterocycles. The zero-order valence-corrected chi connectivity index (χ0v) is 13.4. The standard InChI is InChI=1S/C14H16N2O4S2/c17-12(5-16-9-22-7-13(16)18)15-11-3-1-2-10(4-11)6-21-8-14(19)20/h1-4H,5-9H2,(H,15,17)(H,19,20). The Balaban J connectivity index is 1.85. The number of hydrogen-bond donors (Lipinski definition) is 2. The lowest BCUT2D eigenvalue weighted by atomic mass is 10.2. The molecule has 0 atom stereocenters. The van der Waals surface area contributed by atoms with Crippen molar-refractivity contribution in [3.63, 3.8) is 0 Å². The highest BCUT2D eigenvalue weighted by Crippen LogP contribution is 2.17. The lowest BCUT2D eigenvalue weighted by Gasteiger charge is -2.14. The molecule has 0 bridgehead atoms. The quantitative estimate of drug-likeness (QED) is 0.782. The molecular formula is C14H16N2O4S2. The number of aliphatic carboxylic acids is 1. The summed E-state index contributed by atoms with van der Waals surface area (Å²) in [4.78, 5) is 35.4. The SMILES string of the molecule is O=C(O)CSCc1cccc(NC(=O)CN2CSCC2=O)c1. The molecule has 0 unspecified atom stereocenters. The van der Waals surface area contributed by atoms with Crippen LogP contribution in [-0.4, -0.2) is 51.7 Å². The van der Waals surface area contributed by atoms with Gasteiger partial charge in [0.2, 0.25) is 11.8 Å². The fraction of sp³-hybridized carbons (Fsp3) is 0.357. The first-order valence-electron chi connectivity index (χ1n) is 6.58. The molecule has 0 aliphatic carbocycles. The first-order chi connectivity index (χ1) is 10.5. The molecule has 118 valence electrons. The second kappa shape index (κ2) is 8.09. The minimum atomic E-state index is -0.845. The largest absolute Gasteiger partial charge is 0.481 e. The maximum atomic E-state index is 11.9. The van der Waals surface area contributed by atoms with Gasteiger partial charge in [0.25, 0.3) is 0 Å². The van der Waals surface area contributed by atoms with E-state index >= 15 is 0 Å². The molecule has 2 N–H and O–H groups in total. The number of carbonyl (C=O) groups excluding carboxylic acids is 2. The number of amides is 2. The Kier molecular flexibility index (Phi) is 6.14. The van der Waals surface area contributed by atoms with Crippen LogP contribution in [0.3, 0.4) is 0 Å². The molecule has 0 spiro atoms. The first kappa shape index (κ1) is 16.7. The number of anilines is 1. The third-order valence-electron chi connectivity index (χ3n) is 2.86. The lowest BCUT2D eigenvalue weighted by molar-refractivity contribution is -0.134. The van der Waals surface area contributed by atoms with Gasteiger partial charge in [-0.15, -0.1) is 23.5 Å². The average molecular weight is 340 g/mol. The van der Waals surface area contributed by atoms with Crippen LogP contribution in [0.5, 0.6) is 0 Å². The minimum absolute atomic E-state index is 0.0148. The third-order valence-corrected chi connectivity index (χ3v) is 4.80. The molecule has 2 amide bonds. The van der Waals surface area contributed by atoms with E-state index < -0.39 is 5.97 Å². The van der Waals surface area contributed by atoms with Gasteiger partial charge in [0.05, 0.1) is 17.4 Å². The fourth-order valence-corrected chi connectivity index (χ4v) is 3.51. The number of carboxylic acid groups (broad SMARTS) is 1. The number of nitrogens with zero attached hydrogens (tertiary/aromatic N) is 1. The van der Waals surface area contributed by atoms with Gasteiger partial charge in [0, 0.05) is 11.4 Å². The van der Waals surface area contributed by atoms with Crippen molar-refractivity contribution in [2.45, 2.75) is 5.75 Å². The van der Waals surface area contributed by atoms with Crippen LogP contribution in [-0.2, 0) is 20.1 Å². The van der Waals surface area contributed by atoms with Crippen LogP contribution in [0.15, 0.2) is 24.3 Å². The van der Waals surface area contributed by atoms with E-state index in [1.54, 1.807) is 6.07 Å². The van der Waals surface area contributed by atoms with Crippen molar-refractivity contribution < 1.29 is 19.5 Å². The van der Waals surface area contributed by atoms with E-state index in [4.69, 9.17) is 5.11 Å². The van der Waals surface area contributed by atoms with Gasteiger partial charge in [-0.05, 0) is 17.7 Å². The van der Waals surface area contributed by atoms with Gasteiger partial charge < -0.3 is 15.3 Å². The van der Waals surface area contributed by atoms with Crippen LogP contribution in [0.2, 0.25) is 0 Å². The third kappa shape index (κ3) is 5.27. The van der Waals surface area contributed by atoms with Crippen LogP contribution in [0.1, 0.15) is 5.56 Å². The molecule has 0 radical (unpaired) electrons. The molecule has 1 fully saturated rings. The van der Waals surface area contributed by atoms with Crippen molar-refractivity contribution in [2.75, 3.05) is 29.2 Å². The minimum Gasteiger partial charge on any atom is -0.481 e. The van der Waals surface area contributed by atoms with Gasteiger partial charge in [-0.3, -0.25) is 14.4 Å². The Bertz CT molecular complexity index is 580. The highest BCUT2D eigenvalue weighted by Gasteiger charge is 2.22. The molecule has 1 aliphatic rings. The fourth-order valence-electron chi connectivity index (χ4n) is 1.91. The summed E-state index contributed by atoms with van der Waals surface area (Å²) in [7, 11) is 0. The number of benzene rings is 1. The monoisotopic (exact) mass is 340 g/mol. The van der Waals surface area contributed by atoms with Gasteiger partial charge in [0.1, 0.15) is 6.54 Å². The predicted octanol–water partition coefficient (Wildman–Crippen LogP) is 1.48. The summed E-state index contributed by atoms with van der Waals surface area (Å²) >= 11 is 2.80. The van der Waals surface area contributed by atoms with E-state index in [1.165, 1.54) is 28.4 Å². The predicted molar refractivity (Wildman–Crippen MR) is 87.9 cm³/mol. The Morgan fingerprint density at radius 2 is 2.23 bits per heavy atom. The normalized spacial score (nSPS) is 14.2. The summed E-state index contributed by atoms with van der Waals surface area (Å²) in [6.07, 6.45) is 0. The summed E-state index contributed by atoms with van der Waals surface area (Å²) in [5.74, 6) is 0.511. The van der Waals surface area contributed by atoms with Crippen molar-refractivity contribution >= 4 is 47.0 Å². The van der Waals surface area contributed by atoms with E-state index in [2.05, 4.69) is 5.32 Å². The second-order valence-electron chi connectivity index (χ2n) is 4.70. The van der Waals surface area contributed by atoms with E-state index in [-0.39, 0.29) is 24.1 Å². The van der Waals surface area contributed by atoms with Crippen molar-refractivity contribution in [3.8, 4) is 0 Å². The Hall–Kier alpha value is -1.67. The van der Waals surface area contributed by atoms with Crippen molar-refractivity contribution in [1.29, 1.82) is 0 Å². The highest BCUT2D eigenvalue weighted by atomic mass is 32.2. The second-order valence-corrected chi connectivity index (χ2v) is 6.65. The summed E-state index contributed by atoms with van der Waals surface area (Å²) in [5, 5.41) is 11.4. The summed E-state index contributed by atoms with van der Waals surface area (Å²) in [6.45, 7) is 0.0594. The molecule has 1 aromatic rings. The topological polar surface area (TPSA) is 86.7 Å². The molecule has 1 aliphatic heterocycles. The molecule has 1 aromatic carbocycles. The molecule has 1 saturated heterocycles. The maximum absolute atomic E-state index is 11.9. The molecule has 6 nitrogen and oxygen atoms in total. The lowest BCUT2D eigenvalue weighted by Crippen LogP contribution is -2.34. The number of nitrogens with one attached hydrogen (secondary N) is 1. The van der Waals surface area contributed by atoms with Crippen LogP contribution in [0.25, 0.3) is 0 Å². The van der Waals surface area contributed by atoms with Gasteiger partial charge in [0.15, 0.2) is 0 Å². The van der Waals surface area contributed by atoms with Crippen molar-refractivity contribution in [2.24, 2.45) is 0 Å². The summed E-state index contributed by atoms with van der Waals surface area (Å²) in [5.41, 5.74) is 1.59. The molecule has 0 saturated carbocycles. The molecule has 0 aromatic heterocycles. The van der Waals surface area contributed by atoms with Crippen LogP contribution in [0.4, 0.5) is 5.69 Å². The first-order valence-corrected chi connectivity index (χ1v) is 8.89. The number of rotatable bonds is 7. The number of hydrogen-bond acceptors (Lipinski definition) is 5. The molecule has 22 heavy (non-hydrogen) atoms. The highest BCUT2D eigenvalue weighted by molar-refractivity contribution is 8.00. The smallest absolute Gasteiger partial charge is 0.313 e. The van der Waals surface area contributed by atoms with Gasteiger partial charge >= 0.3 is 5.97 Å². The van der Waals surface area contributed by atoms with Gasteiger partial charge in [-0.25, -0.2) is 0 Å². The Labute approximate surface area is 136 Å². The molecule has 2 rings (SSSR count). The van der Waals surface area contributed by atoms with Crippen molar-refractivity contribution in [3.05, 3.63) is 29.8 Å². The maximum Gasteiger partial charge on any atom is 0.313 e.